The molecule has 0 fully saturated rings. The molecule has 1 N–H and O–H groups in total. The van der Waals surface area contributed by atoms with Gasteiger partial charge in [0.1, 0.15) is 0 Å². The summed E-state index contributed by atoms with van der Waals surface area (Å²) in [6.45, 7) is 2.07. The Morgan fingerprint density at radius 2 is 1.91 bits per heavy atom. The molecule has 9 heteroatoms. The standard InChI is InChI=1S/C23H20ClN5OS2/c1-2-31-20-11-10-17(24)13-19(20)26-21(30)15-32-23-28-27-22(16-7-6-12-25-14-16)29(23)18-8-4-3-5-9-18/h3-14H,2,15H2,1H3,(H,26,30). The molecule has 0 atom stereocenters. The Morgan fingerprint density at radius 1 is 1.06 bits per heavy atom. The van der Waals surface area contributed by atoms with Crippen molar-refractivity contribution in [1.29, 1.82) is 0 Å². The fraction of sp³-hybridized carbons (Fsp3) is 0.130. The molecule has 4 aromatic rings. The third-order valence-corrected chi connectivity index (χ3v) is 6.54. The van der Waals surface area contributed by atoms with Gasteiger partial charge < -0.3 is 5.32 Å². The topological polar surface area (TPSA) is 72.7 Å². The number of carbonyl (C=O) groups excluding carboxylic acids is 1. The van der Waals surface area contributed by atoms with Crippen molar-refractivity contribution in [3.8, 4) is 17.1 Å². The molecule has 2 aromatic heterocycles. The Morgan fingerprint density at radius 3 is 2.66 bits per heavy atom. The summed E-state index contributed by atoms with van der Waals surface area (Å²) in [5, 5.41) is 12.9. The van der Waals surface area contributed by atoms with Crippen LogP contribution in [0.1, 0.15) is 6.92 Å². The molecule has 0 unspecified atom stereocenters. The number of thioether (sulfide) groups is 2. The number of rotatable bonds is 8. The number of hydrogen-bond acceptors (Lipinski definition) is 6. The molecule has 1 amide bonds. The van der Waals surface area contributed by atoms with Gasteiger partial charge in [0.25, 0.3) is 0 Å². The number of anilines is 1. The van der Waals surface area contributed by atoms with Crippen molar-refractivity contribution in [3.05, 3.63) is 78.1 Å². The van der Waals surface area contributed by atoms with E-state index in [1.165, 1.54) is 11.8 Å². The molecule has 32 heavy (non-hydrogen) atoms. The lowest BCUT2D eigenvalue weighted by Crippen LogP contribution is -2.15. The molecule has 0 spiro atoms. The number of amides is 1. The summed E-state index contributed by atoms with van der Waals surface area (Å²) in [6, 6.07) is 19.1. The highest BCUT2D eigenvalue weighted by Crippen LogP contribution is 2.31. The van der Waals surface area contributed by atoms with Gasteiger partial charge in [-0.2, -0.15) is 0 Å². The summed E-state index contributed by atoms with van der Waals surface area (Å²) in [7, 11) is 0. The van der Waals surface area contributed by atoms with Crippen LogP contribution in [-0.2, 0) is 4.79 Å². The highest BCUT2D eigenvalue weighted by molar-refractivity contribution is 8.00. The number of carbonyl (C=O) groups is 1. The van der Waals surface area contributed by atoms with E-state index in [0.717, 1.165) is 27.6 Å². The van der Waals surface area contributed by atoms with Gasteiger partial charge in [-0.3, -0.25) is 14.3 Å². The molecule has 0 saturated heterocycles. The van der Waals surface area contributed by atoms with Crippen LogP contribution in [0, 0.1) is 0 Å². The minimum Gasteiger partial charge on any atom is -0.324 e. The Kier molecular flexibility index (Phi) is 7.47. The Hall–Kier alpha value is -2.81. The zero-order valence-electron chi connectivity index (χ0n) is 17.2. The zero-order valence-corrected chi connectivity index (χ0v) is 19.6. The van der Waals surface area contributed by atoms with Gasteiger partial charge in [0.15, 0.2) is 11.0 Å². The number of hydrogen-bond donors (Lipinski definition) is 1. The first-order chi connectivity index (χ1) is 15.7. The smallest absolute Gasteiger partial charge is 0.234 e. The van der Waals surface area contributed by atoms with Crippen molar-refractivity contribution in [1.82, 2.24) is 19.7 Å². The third-order valence-electron chi connectivity index (χ3n) is 4.42. The van der Waals surface area contributed by atoms with Gasteiger partial charge in [0.2, 0.25) is 5.91 Å². The minimum atomic E-state index is -0.138. The number of pyridine rings is 1. The second kappa shape index (κ2) is 10.7. The second-order valence-corrected chi connectivity index (χ2v) is 9.31. The van der Waals surface area contributed by atoms with E-state index in [4.69, 9.17) is 11.6 Å². The Bertz CT molecular complexity index is 1200. The highest BCUT2D eigenvalue weighted by Gasteiger charge is 2.18. The summed E-state index contributed by atoms with van der Waals surface area (Å²) in [4.78, 5) is 17.9. The maximum absolute atomic E-state index is 12.7. The van der Waals surface area contributed by atoms with Gasteiger partial charge in [-0.05, 0) is 48.2 Å². The first kappa shape index (κ1) is 22.4. The number of para-hydroxylation sites is 1. The highest BCUT2D eigenvalue weighted by atomic mass is 35.5. The first-order valence-electron chi connectivity index (χ1n) is 9.92. The summed E-state index contributed by atoms with van der Waals surface area (Å²) < 4.78 is 1.94. The van der Waals surface area contributed by atoms with E-state index in [0.29, 0.717) is 16.0 Å². The summed E-state index contributed by atoms with van der Waals surface area (Å²) in [5.74, 6) is 1.61. The van der Waals surface area contributed by atoms with Crippen LogP contribution in [0.15, 0.2) is 83.1 Å². The number of benzene rings is 2. The number of halogens is 1. The Balaban J connectivity index is 1.56. The summed E-state index contributed by atoms with van der Waals surface area (Å²) >= 11 is 9.11. The predicted molar refractivity (Wildman–Crippen MR) is 132 cm³/mol. The van der Waals surface area contributed by atoms with Gasteiger partial charge in [-0.1, -0.05) is 48.5 Å². The summed E-state index contributed by atoms with van der Waals surface area (Å²) in [5.41, 5.74) is 2.48. The van der Waals surface area contributed by atoms with Crippen LogP contribution < -0.4 is 5.32 Å². The van der Waals surface area contributed by atoms with E-state index >= 15 is 0 Å². The normalized spacial score (nSPS) is 10.8. The molecule has 0 saturated carbocycles. The van der Waals surface area contributed by atoms with Crippen molar-refractivity contribution in [3.63, 3.8) is 0 Å². The van der Waals surface area contributed by atoms with Crippen molar-refractivity contribution >= 4 is 46.7 Å². The van der Waals surface area contributed by atoms with Gasteiger partial charge in [0, 0.05) is 33.6 Å². The number of nitrogens with one attached hydrogen (secondary N) is 1. The predicted octanol–water partition coefficient (Wildman–Crippen LogP) is 5.83. The van der Waals surface area contributed by atoms with E-state index in [2.05, 4.69) is 27.4 Å². The van der Waals surface area contributed by atoms with E-state index in [1.807, 2.05) is 59.2 Å². The maximum atomic E-state index is 12.7. The molecular formula is C23H20ClN5OS2. The molecule has 6 nitrogen and oxygen atoms in total. The number of aromatic nitrogens is 4. The third kappa shape index (κ3) is 5.32. The second-order valence-electron chi connectivity index (χ2n) is 6.63. The molecule has 0 radical (unpaired) electrons. The SMILES string of the molecule is CCSc1ccc(Cl)cc1NC(=O)CSc1nnc(-c2cccnc2)n1-c1ccccc1. The Labute approximate surface area is 199 Å². The first-order valence-corrected chi connectivity index (χ1v) is 12.3. The van der Waals surface area contributed by atoms with Crippen molar-refractivity contribution in [2.24, 2.45) is 0 Å². The van der Waals surface area contributed by atoms with Gasteiger partial charge in [-0.15, -0.1) is 22.0 Å². The molecule has 0 aliphatic rings. The molecule has 2 aromatic carbocycles. The van der Waals surface area contributed by atoms with E-state index in [-0.39, 0.29) is 11.7 Å². The number of nitrogens with zero attached hydrogens (tertiary/aromatic N) is 4. The molecule has 4 rings (SSSR count). The molecule has 2 heterocycles. The lowest BCUT2D eigenvalue weighted by Gasteiger charge is -2.12. The lowest BCUT2D eigenvalue weighted by molar-refractivity contribution is -0.113. The monoisotopic (exact) mass is 481 g/mol. The van der Waals surface area contributed by atoms with Crippen LogP contribution in [0.2, 0.25) is 5.02 Å². The molecule has 162 valence electrons. The summed E-state index contributed by atoms with van der Waals surface area (Å²) in [6.07, 6.45) is 3.46. The minimum absolute atomic E-state index is 0.138. The quantitative estimate of drug-likeness (QED) is 0.319. The molecule has 0 aliphatic carbocycles. The molecule has 0 bridgehead atoms. The van der Waals surface area contributed by atoms with Crippen LogP contribution in [0.5, 0.6) is 0 Å². The van der Waals surface area contributed by atoms with Crippen LogP contribution in [0.25, 0.3) is 17.1 Å². The van der Waals surface area contributed by atoms with Gasteiger partial charge in [0.05, 0.1) is 11.4 Å². The van der Waals surface area contributed by atoms with Crippen molar-refractivity contribution < 1.29 is 4.79 Å². The van der Waals surface area contributed by atoms with E-state index in [1.54, 1.807) is 30.2 Å². The van der Waals surface area contributed by atoms with E-state index in [9.17, 15) is 4.79 Å². The van der Waals surface area contributed by atoms with Gasteiger partial charge >= 0.3 is 0 Å². The van der Waals surface area contributed by atoms with Crippen LogP contribution in [0.4, 0.5) is 5.69 Å². The lowest BCUT2D eigenvalue weighted by atomic mass is 10.2. The maximum Gasteiger partial charge on any atom is 0.234 e. The zero-order chi connectivity index (χ0) is 22.3. The van der Waals surface area contributed by atoms with Crippen molar-refractivity contribution in [2.75, 3.05) is 16.8 Å². The molecule has 0 aliphatic heterocycles. The fourth-order valence-electron chi connectivity index (χ4n) is 3.05. The van der Waals surface area contributed by atoms with Crippen LogP contribution >= 0.6 is 35.1 Å². The van der Waals surface area contributed by atoms with Crippen molar-refractivity contribution in [2.45, 2.75) is 17.0 Å². The van der Waals surface area contributed by atoms with Gasteiger partial charge in [-0.25, -0.2) is 0 Å². The van der Waals surface area contributed by atoms with E-state index < -0.39 is 0 Å². The molecular weight excluding hydrogens is 462 g/mol. The average molecular weight is 482 g/mol. The van der Waals surface area contributed by atoms with Crippen LogP contribution in [-0.4, -0.2) is 37.2 Å². The fourth-order valence-corrected chi connectivity index (χ4v) is 4.72. The average Bonchev–Trinajstić information content (AvgIpc) is 3.25. The largest absolute Gasteiger partial charge is 0.324 e. The van der Waals surface area contributed by atoms with Crippen LogP contribution in [0.3, 0.4) is 0 Å².